The van der Waals surface area contributed by atoms with E-state index in [4.69, 9.17) is 4.98 Å². The molecule has 0 saturated carbocycles. The molecule has 30 heavy (non-hydrogen) atoms. The van der Waals surface area contributed by atoms with E-state index in [0.29, 0.717) is 5.95 Å². The van der Waals surface area contributed by atoms with Crippen molar-refractivity contribution in [2.75, 3.05) is 18.4 Å². The topological polar surface area (TPSA) is 66.2 Å². The SMILES string of the molecule is Cc1cc(C)cc(Nc2ncc(C)c(-n3cc(C)c(CN4CCC(O)CC4)c3)n2)c1. The number of hydrogen-bond acceptors (Lipinski definition) is 5. The lowest BCUT2D eigenvalue weighted by Gasteiger charge is -2.29. The molecule has 6 heteroatoms. The Hall–Kier alpha value is -2.70. The van der Waals surface area contributed by atoms with Crippen LogP contribution >= 0.6 is 0 Å². The maximum absolute atomic E-state index is 9.74. The minimum absolute atomic E-state index is 0.140. The Bertz CT molecular complexity index is 1010. The van der Waals surface area contributed by atoms with Crippen molar-refractivity contribution in [2.24, 2.45) is 0 Å². The molecule has 4 rings (SSSR count). The first-order chi connectivity index (χ1) is 14.4. The molecular weight excluding hydrogens is 374 g/mol. The van der Waals surface area contributed by atoms with Crippen molar-refractivity contribution < 1.29 is 5.11 Å². The van der Waals surface area contributed by atoms with Gasteiger partial charge in [0, 0.05) is 49.5 Å². The summed E-state index contributed by atoms with van der Waals surface area (Å²) in [6.07, 6.45) is 7.77. The second kappa shape index (κ2) is 8.58. The summed E-state index contributed by atoms with van der Waals surface area (Å²) in [5.74, 6) is 1.49. The highest BCUT2D eigenvalue weighted by Gasteiger charge is 2.18. The Labute approximate surface area is 178 Å². The minimum atomic E-state index is -0.140. The van der Waals surface area contributed by atoms with E-state index in [1.165, 1.54) is 22.3 Å². The zero-order valence-corrected chi connectivity index (χ0v) is 18.3. The molecule has 0 aliphatic carbocycles. The molecule has 1 aliphatic heterocycles. The van der Waals surface area contributed by atoms with Gasteiger partial charge in [0.1, 0.15) is 5.82 Å². The summed E-state index contributed by atoms with van der Waals surface area (Å²) in [5.41, 5.74) is 7.00. The van der Waals surface area contributed by atoms with Crippen molar-refractivity contribution in [1.29, 1.82) is 0 Å². The smallest absolute Gasteiger partial charge is 0.229 e. The summed E-state index contributed by atoms with van der Waals surface area (Å²) >= 11 is 0. The van der Waals surface area contributed by atoms with Crippen molar-refractivity contribution in [3.05, 3.63) is 64.6 Å². The Morgan fingerprint density at radius 1 is 1.00 bits per heavy atom. The molecule has 1 aromatic carbocycles. The molecule has 1 fully saturated rings. The summed E-state index contributed by atoms with van der Waals surface area (Å²) in [5, 5.41) is 13.1. The molecule has 0 unspecified atom stereocenters. The minimum Gasteiger partial charge on any atom is -0.393 e. The van der Waals surface area contributed by atoms with Gasteiger partial charge in [-0.15, -0.1) is 0 Å². The highest BCUT2D eigenvalue weighted by atomic mass is 16.3. The van der Waals surface area contributed by atoms with Crippen LogP contribution in [0.2, 0.25) is 0 Å². The lowest BCUT2D eigenvalue weighted by Crippen LogP contribution is -2.35. The zero-order chi connectivity index (χ0) is 21.3. The number of aliphatic hydroxyl groups excluding tert-OH is 1. The first-order valence-electron chi connectivity index (χ1n) is 10.6. The fraction of sp³-hybridized carbons (Fsp3) is 0.417. The van der Waals surface area contributed by atoms with Gasteiger partial charge in [-0.1, -0.05) is 6.07 Å². The normalized spacial score (nSPS) is 15.5. The molecule has 6 nitrogen and oxygen atoms in total. The lowest BCUT2D eigenvalue weighted by atomic mass is 10.1. The van der Waals surface area contributed by atoms with Gasteiger partial charge in [0.05, 0.1) is 6.10 Å². The first kappa shape index (κ1) is 20.6. The van der Waals surface area contributed by atoms with Crippen LogP contribution in [0.3, 0.4) is 0 Å². The third kappa shape index (κ3) is 4.71. The van der Waals surface area contributed by atoms with E-state index in [1.54, 1.807) is 0 Å². The van der Waals surface area contributed by atoms with E-state index in [9.17, 15) is 5.11 Å². The number of benzene rings is 1. The Balaban J connectivity index is 1.55. The second-order valence-corrected chi connectivity index (χ2v) is 8.58. The number of nitrogens with one attached hydrogen (secondary N) is 1. The Kier molecular flexibility index (Phi) is 5.88. The van der Waals surface area contributed by atoms with Crippen LogP contribution in [0.25, 0.3) is 5.82 Å². The van der Waals surface area contributed by atoms with Crippen molar-refractivity contribution in [3.8, 4) is 5.82 Å². The molecule has 2 aromatic heterocycles. The number of rotatable bonds is 5. The first-order valence-corrected chi connectivity index (χ1v) is 10.6. The van der Waals surface area contributed by atoms with Crippen LogP contribution < -0.4 is 5.32 Å². The molecule has 0 atom stereocenters. The monoisotopic (exact) mass is 405 g/mol. The van der Waals surface area contributed by atoms with Gasteiger partial charge in [-0.25, -0.2) is 4.98 Å². The van der Waals surface area contributed by atoms with Crippen LogP contribution in [0.15, 0.2) is 36.8 Å². The van der Waals surface area contributed by atoms with Gasteiger partial charge >= 0.3 is 0 Å². The van der Waals surface area contributed by atoms with Crippen LogP contribution in [0.5, 0.6) is 0 Å². The third-order valence-corrected chi connectivity index (χ3v) is 5.75. The lowest BCUT2D eigenvalue weighted by molar-refractivity contribution is 0.0792. The largest absolute Gasteiger partial charge is 0.393 e. The van der Waals surface area contributed by atoms with E-state index in [0.717, 1.165) is 49.5 Å². The number of hydrogen-bond donors (Lipinski definition) is 2. The van der Waals surface area contributed by atoms with Crippen LogP contribution in [-0.2, 0) is 6.54 Å². The average Bonchev–Trinajstić information content (AvgIpc) is 3.04. The number of aryl methyl sites for hydroxylation is 4. The number of likely N-dealkylation sites (tertiary alicyclic amines) is 1. The maximum Gasteiger partial charge on any atom is 0.229 e. The molecule has 3 aromatic rings. The van der Waals surface area contributed by atoms with Crippen LogP contribution in [0.4, 0.5) is 11.6 Å². The number of anilines is 2. The van der Waals surface area contributed by atoms with E-state index in [-0.39, 0.29) is 6.10 Å². The van der Waals surface area contributed by atoms with Gasteiger partial charge in [0.25, 0.3) is 0 Å². The highest BCUT2D eigenvalue weighted by Crippen LogP contribution is 2.22. The summed E-state index contributed by atoms with van der Waals surface area (Å²) in [6.45, 7) is 11.2. The quantitative estimate of drug-likeness (QED) is 0.666. The molecule has 1 aliphatic rings. The molecule has 0 radical (unpaired) electrons. The molecule has 0 spiro atoms. The molecule has 3 heterocycles. The summed E-state index contributed by atoms with van der Waals surface area (Å²) in [4.78, 5) is 11.7. The van der Waals surface area contributed by atoms with Crippen molar-refractivity contribution in [1.82, 2.24) is 19.4 Å². The predicted octanol–water partition coefficient (Wildman–Crippen LogP) is 4.20. The Morgan fingerprint density at radius 2 is 1.70 bits per heavy atom. The summed E-state index contributed by atoms with van der Waals surface area (Å²) < 4.78 is 2.10. The Morgan fingerprint density at radius 3 is 2.40 bits per heavy atom. The van der Waals surface area contributed by atoms with Crippen LogP contribution in [-0.4, -0.2) is 43.7 Å². The fourth-order valence-corrected chi connectivity index (χ4v) is 4.14. The zero-order valence-electron chi connectivity index (χ0n) is 18.3. The van der Waals surface area contributed by atoms with Gasteiger partial charge in [-0.2, -0.15) is 4.98 Å². The average molecular weight is 406 g/mol. The standard InChI is InChI=1S/C24H31N5O/c1-16-9-17(2)11-21(10-16)26-24-25-12-18(3)23(27-24)29-13-19(4)20(15-29)14-28-7-5-22(30)6-8-28/h9-13,15,22,30H,5-8,14H2,1-4H3,(H,25,26,27). The predicted molar refractivity (Wildman–Crippen MR) is 121 cm³/mol. The number of aliphatic hydroxyl groups is 1. The van der Waals surface area contributed by atoms with E-state index < -0.39 is 0 Å². The van der Waals surface area contributed by atoms with Crippen LogP contribution in [0, 0.1) is 27.7 Å². The molecular formula is C24H31N5O. The van der Waals surface area contributed by atoms with Crippen LogP contribution in [0.1, 0.15) is 40.7 Å². The fourth-order valence-electron chi connectivity index (χ4n) is 4.14. The highest BCUT2D eigenvalue weighted by molar-refractivity contribution is 5.57. The third-order valence-electron chi connectivity index (χ3n) is 5.75. The van der Waals surface area contributed by atoms with Crippen molar-refractivity contribution in [3.63, 3.8) is 0 Å². The van der Waals surface area contributed by atoms with E-state index in [2.05, 4.69) is 71.1 Å². The van der Waals surface area contributed by atoms with Gasteiger partial charge in [-0.05, 0) is 74.9 Å². The van der Waals surface area contributed by atoms with E-state index >= 15 is 0 Å². The number of piperidine rings is 1. The summed E-state index contributed by atoms with van der Waals surface area (Å²) in [6, 6.07) is 6.35. The number of aromatic nitrogens is 3. The summed E-state index contributed by atoms with van der Waals surface area (Å²) in [7, 11) is 0. The number of nitrogens with zero attached hydrogens (tertiary/aromatic N) is 4. The molecule has 1 saturated heterocycles. The van der Waals surface area contributed by atoms with E-state index in [1.807, 2.05) is 13.1 Å². The van der Waals surface area contributed by atoms with Gasteiger partial charge in [-0.3, -0.25) is 4.90 Å². The van der Waals surface area contributed by atoms with Gasteiger partial charge < -0.3 is 15.0 Å². The molecule has 0 amide bonds. The molecule has 0 bridgehead atoms. The second-order valence-electron chi connectivity index (χ2n) is 8.58. The van der Waals surface area contributed by atoms with Crippen molar-refractivity contribution >= 4 is 11.6 Å². The van der Waals surface area contributed by atoms with Gasteiger partial charge in [0.15, 0.2) is 0 Å². The molecule has 2 N–H and O–H groups in total. The van der Waals surface area contributed by atoms with Gasteiger partial charge in [0.2, 0.25) is 5.95 Å². The molecule has 158 valence electrons. The maximum atomic E-state index is 9.74. The van der Waals surface area contributed by atoms with Crippen molar-refractivity contribution in [2.45, 2.75) is 53.2 Å².